The number of carbonyl (C=O) groups excluding carboxylic acids is 1. The Hall–Kier alpha value is -2.24. The van der Waals surface area contributed by atoms with Gasteiger partial charge in [-0.05, 0) is 18.2 Å². The highest BCUT2D eigenvalue weighted by atomic mass is 16.5. The summed E-state index contributed by atoms with van der Waals surface area (Å²) in [5.74, 6) is -0.822. The first-order valence-electron chi connectivity index (χ1n) is 5.30. The number of hydrogen-bond donors (Lipinski definition) is 2. The third kappa shape index (κ3) is 3.65. The number of esters is 1. The number of benzene rings is 1. The molecule has 6 nitrogen and oxygen atoms in total. The Bertz CT molecular complexity index is 444. The Balaban J connectivity index is 2.85. The van der Waals surface area contributed by atoms with E-state index < -0.39 is 11.9 Å². The number of carbonyl (C=O) groups is 2. The van der Waals surface area contributed by atoms with Crippen LogP contribution < -0.4 is 10.1 Å². The lowest BCUT2D eigenvalue weighted by Crippen LogP contribution is -2.09. The minimum Gasteiger partial charge on any atom is -0.495 e. The molecule has 0 aliphatic heterocycles. The molecule has 0 saturated carbocycles. The van der Waals surface area contributed by atoms with E-state index in [1.807, 2.05) is 0 Å². The summed E-state index contributed by atoms with van der Waals surface area (Å²) < 4.78 is 9.72. The molecule has 1 rings (SSSR count). The van der Waals surface area contributed by atoms with E-state index in [1.54, 1.807) is 18.2 Å². The molecular formula is C12H15NO5. The van der Waals surface area contributed by atoms with Crippen molar-refractivity contribution in [3.8, 4) is 5.75 Å². The van der Waals surface area contributed by atoms with Gasteiger partial charge in [-0.3, -0.25) is 4.79 Å². The van der Waals surface area contributed by atoms with Crippen LogP contribution in [0.25, 0.3) is 0 Å². The van der Waals surface area contributed by atoms with Crippen LogP contribution >= 0.6 is 0 Å². The summed E-state index contributed by atoms with van der Waals surface area (Å²) in [6.07, 6.45) is -0.0222. The Kier molecular flexibility index (Phi) is 4.98. The summed E-state index contributed by atoms with van der Waals surface area (Å²) in [7, 11) is 2.79. The lowest BCUT2D eigenvalue weighted by Gasteiger charge is -2.11. The van der Waals surface area contributed by atoms with Crippen molar-refractivity contribution in [2.24, 2.45) is 0 Å². The molecule has 0 radical (unpaired) electrons. The van der Waals surface area contributed by atoms with Crippen molar-refractivity contribution in [1.82, 2.24) is 0 Å². The van der Waals surface area contributed by atoms with Gasteiger partial charge in [0.25, 0.3) is 0 Å². The number of carboxylic acid groups (broad SMARTS) is 1. The van der Waals surface area contributed by atoms with Gasteiger partial charge in [-0.1, -0.05) is 0 Å². The predicted octanol–water partition coefficient (Wildman–Crippen LogP) is 1.37. The highest BCUT2D eigenvalue weighted by molar-refractivity contribution is 5.91. The van der Waals surface area contributed by atoms with E-state index in [-0.39, 0.29) is 13.0 Å². The topological polar surface area (TPSA) is 84.9 Å². The van der Waals surface area contributed by atoms with E-state index in [4.69, 9.17) is 9.84 Å². The first-order chi connectivity index (χ1) is 8.58. The second kappa shape index (κ2) is 6.48. The number of aliphatic carboxylic acids is 1. The molecule has 0 aromatic heterocycles. The molecular weight excluding hydrogens is 238 g/mol. The van der Waals surface area contributed by atoms with Gasteiger partial charge in [0.2, 0.25) is 0 Å². The van der Waals surface area contributed by atoms with Gasteiger partial charge in [-0.2, -0.15) is 0 Å². The molecule has 0 bridgehead atoms. The van der Waals surface area contributed by atoms with E-state index in [0.717, 1.165) is 0 Å². The largest absolute Gasteiger partial charge is 0.495 e. The second-order valence-electron chi connectivity index (χ2n) is 3.48. The van der Waals surface area contributed by atoms with Crippen molar-refractivity contribution in [2.75, 3.05) is 26.1 Å². The summed E-state index contributed by atoms with van der Waals surface area (Å²) in [6, 6.07) is 4.76. The van der Waals surface area contributed by atoms with Crippen molar-refractivity contribution in [3.63, 3.8) is 0 Å². The van der Waals surface area contributed by atoms with Crippen molar-refractivity contribution in [3.05, 3.63) is 23.8 Å². The van der Waals surface area contributed by atoms with Gasteiger partial charge in [0.05, 0.1) is 31.9 Å². The normalized spacial score (nSPS) is 9.67. The third-order valence-electron chi connectivity index (χ3n) is 2.27. The number of carboxylic acids is 1. The van der Waals surface area contributed by atoms with Crippen LogP contribution in [0.3, 0.4) is 0 Å². The Morgan fingerprint density at radius 2 is 2.06 bits per heavy atom. The first kappa shape index (κ1) is 13.8. The lowest BCUT2D eigenvalue weighted by molar-refractivity contribution is -0.136. The molecule has 2 N–H and O–H groups in total. The number of anilines is 1. The molecule has 0 heterocycles. The standard InChI is InChI=1S/C12H15NO5/c1-17-10-4-3-8(12(16)18-2)7-9(10)13-6-5-11(14)15/h3-4,7,13H,5-6H2,1-2H3,(H,14,15). The van der Waals surface area contributed by atoms with Gasteiger partial charge in [-0.15, -0.1) is 0 Å². The van der Waals surface area contributed by atoms with Crippen molar-refractivity contribution in [2.45, 2.75) is 6.42 Å². The minimum atomic E-state index is -0.898. The van der Waals surface area contributed by atoms with Gasteiger partial charge in [-0.25, -0.2) is 4.79 Å². The Morgan fingerprint density at radius 1 is 1.33 bits per heavy atom. The fraction of sp³-hybridized carbons (Fsp3) is 0.333. The highest BCUT2D eigenvalue weighted by Crippen LogP contribution is 2.25. The fourth-order valence-electron chi connectivity index (χ4n) is 1.40. The van der Waals surface area contributed by atoms with E-state index >= 15 is 0 Å². The van der Waals surface area contributed by atoms with E-state index in [9.17, 15) is 9.59 Å². The van der Waals surface area contributed by atoms with Crippen LogP contribution in [-0.4, -0.2) is 37.8 Å². The molecule has 98 valence electrons. The monoisotopic (exact) mass is 253 g/mol. The number of rotatable bonds is 6. The molecule has 1 aromatic carbocycles. The van der Waals surface area contributed by atoms with Crippen LogP contribution in [0.2, 0.25) is 0 Å². The minimum absolute atomic E-state index is 0.0222. The Labute approximate surface area is 105 Å². The van der Waals surface area contributed by atoms with Crippen LogP contribution in [0.5, 0.6) is 5.75 Å². The molecule has 18 heavy (non-hydrogen) atoms. The molecule has 0 unspecified atom stereocenters. The van der Waals surface area contributed by atoms with Gasteiger partial charge >= 0.3 is 11.9 Å². The summed E-state index contributed by atoms with van der Waals surface area (Å²) in [5.41, 5.74) is 0.928. The first-order valence-corrected chi connectivity index (χ1v) is 5.30. The molecule has 0 saturated heterocycles. The van der Waals surface area contributed by atoms with Crippen molar-refractivity contribution >= 4 is 17.6 Å². The zero-order valence-electron chi connectivity index (χ0n) is 10.2. The van der Waals surface area contributed by atoms with Crippen LogP contribution in [-0.2, 0) is 9.53 Å². The van der Waals surface area contributed by atoms with Gasteiger partial charge in [0.15, 0.2) is 0 Å². The zero-order valence-corrected chi connectivity index (χ0v) is 10.2. The number of ether oxygens (including phenoxy) is 2. The Morgan fingerprint density at radius 3 is 2.61 bits per heavy atom. The molecule has 0 aliphatic rings. The third-order valence-corrected chi connectivity index (χ3v) is 2.27. The maximum Gasteiger partial charge on any atom is 0.337 e. The quantitative estimate of drug-likeness (QED) is 0.745. The average molecular weight is 253 g/mol. The summed E-state index contributed by atoms with van der Waals surface area (Å²) >= 11 is 0. The smallest absolute Gasteiger partial charge is 0.337 e. The van der Waals surface area contributed by atoms with E-state index in [2.05, 4.69) is 10.1 Å². The van der Waals surface area contributed by atoms with Crippen LogP contribution in [0, 0.1) is 0 Å². The molecule has 0 aliphatic carbocycles. The molecule has 0 spiro atoms. The van der Waals surface area contributed by atoms with Crippen LogP contribution in [0.4, 0.5) is 5.69 Å². The molecule has 0 fully saturated rings. The average Bonchev–Trinajstić information content (AvgIpc) is 2.37. The van der Waals surface area contributed by atoms with Crippen molar-refractivity contribution < 1.29 is 24.2 Å². The number of nitrogens with one attached hydrogen (secondary N) is 1. The highest BCUT2D eigenvalue weighted by Gasteiger charge is 2.10. The van der Waals surface area contributed by atoms with E-state index in [1.165, 1.54) is 14.2 Å². The van der Waals surface area contributed by atoms with E-state index in [0.29, 0.717) is 17.0 Å². The second-order valence-corrected chi connectivity index (χ2v) is 3.48. The van der Waals surface area contributed by atoms with Crippen LogP contribution in [0.15, 0.2) is 18.2 Å². The predicted molar refractivity (Wildman–Crippen MR) is 65.1 cm³/mol. The van der Waals surface area contributed by atoms with Crippen molar-refractivity contribution in [1.29, 1.82) is 0 Å². The van der Waals surface area contributed by atoms with Gasteiger partial charge in [0.1, 0.15) is 5.75 Å². The molecule has 0 amide bonds. The molecule has 1 aromatic rings. The fourth-order valence-corrected chi connectivity index (χ4v) is 1.40. The molecule has 6 heteroatoms. The van der Waals surface area contributed by atoms with Gasteiger partial charge in [0, 0.05) is 6.54 Å². The lowest BCUT2D eigenvalue weighted by atomic mass is 10.2. The number of hydrogen-bond acceptors (Lipinski definition) is 5. The maximum atomic E-state index is 11.4. The van der Waals surface area contributed by atoms with Gasteiger partial charge < -0.3 is 19.9 Å². The molecule has 0 atom stereocenters. The maximum absolute atomic E-state index is 11.4. The number of methoxy groups -OCH3 is 2. The SMILES string of the molecule is COC(=O)c1ccc(OC)c(NCCC(=O)O)c1. The summed E-state index contributed by atoms with van der Waals surface area (Å²) in [5, 5.41) is 11.5. The van der Waals surface area contributed by atoms with Crippen LogP contribution in [0.1, 0.15) is 16.8 Å². The summed E-state index contributed by atoms with van der Waals surface area (Å²) in [6.45, 7) is 0.246. The zero-order chi connectivity index (χ0) is 13.5. The summed E-state index contributed by atoms with van der Waals surface area (Å²) in [4.78, 5) is 21.8.